The maximum absolute atomic E-state index is 5.70. The van der Waals surface area contributed by atoms with E-state index < -0.39 is 0 Å². The van der Waals surface area contributed by atoms with Gasteiger partial charge in [0, 0.05) is 0 Å². The fourth-order valence-electron chi connectivity index (χ4n) is 2.00. The van der Waals surface area contributed by atoms with Crippen LogP contribution in [0, 0.1) is 5.92 Å². The summed E-state index contributed by atoms with van der Waals surface area (Å²) in [6.07, 6.45) is 7.08. The van der Waals surface area contributed by atoms with Crippen LogP contribution in [0.2, 0.25) is 0 Å². The van der Waals surface area contributed by atoms with Gasteiger partial charge in [0.25, 0.3) is 0 Å². The minimum absolute atomic E-state index is 0.464. The van der Waals surface area contributed by atoms with Gasteiger partial charge in [0.15, 0.2) is 0 Å². The first-order valence-electron chi connectivity index (χ1n) is 4.62. The third-order valence-corrected chi connectivity index (χ3v) is 2.75. The van der Waals surface area contributed by atoms with Crippen LogP contribution in [-0.2, 0) is 4.74 Å². The molecule has 2 bridgehead atoms. The van der Waals surface area contributed by atoms with E-state index in [-0.39, 0.29) is 0 Å². The Morgan fingerprint density at radius 2 is 2.27 bits per heavy atom. The van der Waals surface area contributed by atoms with E-state index in [9.17, 15) is 0 Å². The molecule has 0 spiro atoms. The lowest BCUT2D eigenvalue weighted by Gasteiger charge is -2.22. The summed E-state index contributed by atoms with van der Waals surface area (Å²) in [6.45, 7) is 4.55. The van der Waals surface area contributed by atoms with Crippen molar-refractivity contribution in [3.63, 3.8) is 0 Å². The van der Waals surface area contributed by atoms with Crippen LogP contribution in [0.3, 0.4) is 0 Å². The molecule has 0 radical (unpaired) electrons. The molecule has 0 unspecified atom stereocenters. The van der Waals surface area contributed by atoms with E-state index >= 15 is 0 Å². The lowest BCUT2D eigenvalue weighted by Crippen LogP contribution is -2.18. The van der Waals surface area contributed by atoms with E-state index in [0.29, 0.717) is 12.2 Å². The van der Waals surface area contributed by atoms with Crippen molar-refractivity contribution < 1.29 is 4.74 Å². The second-order valence-electron chi connectivity index (χ2n) is 3.97. The Kier molecular flexibility index (Phi) is 1.76. The van der Waals surface area contributed by atoms with Crippen LogP contribution in [0.5, 0.6) is 0 Å². The molecule has 0 aromatic carbocycles. The standard InChI is InChI=1S/C10H16O/c1-7(2)8-5-9-3-4-10(6-8)11-9/h5,7,9-10H,3-4,6H2,1-2H3/t9-,10+/m0/s1. The van der Waals surface area contributed by atoms with Gasteiger partial charge in [-0.2, -0.15) is 0 Å². The van der Waals surface area contributed by atoms with Crippen LogP contribution < -0.4 is 0 Å². The molecule has 2 aliphatic heterocycles. The van der Waals surface area contributed by atoms with Crippen molar-refractivity contribution in [3.05, 3.63) is 11.6 Å². The van der Waals surface area contributed by atoms with Crippen molar-refractivity contribution in [1.82, 2.24) is 0 Å². The van der Waals surface area contributed by atoms with E-state index in [0.717, 1.165) is 5.92 Å². The first-order valence-corrected chi connectivity index (χ1v) is 4.62. The summed E-state index contributed by atoms with van der Waals surface area (Å²) < 4.78 is 5.70. The third kappa shape index (κ3) is 1.34. The smallest absolute Gasteiger partial charge is 0.0763 e. The van der Waals surface area contributed by atoms with E-state index in [1.165, 1.54) is 19.3 Å². The molecule has 1 fully saturated rings. The van der Waals surface area contributed by atoms with Gasteiger partial charge in [0.05, 0.1) is 12.2 Å². The van der Waals surface area contributed by atoms with Crippen molar-refractivity contribution in [2.24, 2.45) is 5.92 Å². The molecule has 2 aliphatic rings. The molecule has 0 saturated carbocycles. The molecular weight excluding hydrogens is 136 g/mol. The molecule has 0 N–H and O–H groups in total. The Balaban J connectivity index is 2.13. The summed E-state index contributed by atoms with van der Waals surface area (Å²) in [5.74, 6) is 0.724. The zero-order valence-corrected chi connectivity index (χ0v) is 7.34. The number of rotatable bonds is 1. The highest BCUT2D eigenvalue weighted by atomic mass is 16.5. The number of hydrogen-bond donors (Lipinski definition) is 0. The Hall–Kier alpha value is -0.300. The zero-order valence-electron chi connectivity index (χ0n) is 7.34. The van der Waals surface area contributed by atoms with Crippen LogP contribution in [-0.4, -0.2) is 12.2 Å². The van der Waals surface area contributed by atoms with Crippen molar-refractivity contribution in [2.75, 3.05) is 0 Å². The molecular formula is C10H16O. The molecule has 1 heteroatoms. The molecule has 1 saturated heterocycles. The largest absolute Gasteiger partial charge is 0.371 e. The average molecular weight is 152 g/mol. The summed E-state index contributed by atoms with van der Waals surface area (Å²) >= 11 is 0. The Morgan fingerprint density at radius 1 is 1.45 bits per heavy atom. The van der Waals surface area contributed by atoms with Crippen molar-refractivity contribution in [3.8, 4) is 0 Å². The molecule has 0 aromatic rings. The monoisotopic (exact) mass is 152 g/mol. The molecule has 0 aromatic heterocycles. The summed E-state index contributed by atoms with van der Waals surface area (Å²) in [6, 6.07) is 0. The van der Waals surface area contributed by atoms with Crippen LogP contribution in [0.25, 0.3) is 0 Å². The first kappa shape index (κ1) is 7.35. The molecule has 0 amide bonds. The normalized spacial score (nSPS) is 36.1. The second kappa shape index (κ2) is 2.63. The molecule has 2 rings (SSSR count). The van der Waals surface area contributed by atoms with Crippen LogP contribution >= 0.6 is 0 Å². The van der Waals surface area contributed by atoms with Gasteiger partial charge in [-0.1, -0.05) is 25.5 Å². The molecule has 1 nitrogen and oxygen atoms in total. The highest BCUT2D eigenvalue weighted by Gasteiger charge is 2.29. The van der Waals surface area contributed by atoms with Gasteiger partial charge >= 0.3 is 0 Å². The fraction of sp³-hybridized carbons (Fsp3) is 0.800. The van der Waals surface area contributed by atoms with Gasteiger partial charge in [-0.15, -0.1) is 0 Å². The van der Waals surface area contributed by atoms with Crippen LogP contribution in [0.15, 0.2) is 11.6 Å². The summed E-state index contributed by atoms with van der Waals surface area (Å²) in [5, 5.41) is 0. The predicted octanol–water partition coefficient (Wildman–Crippen LogP) is 2.52. The fourth-order valence-corrected chi connectivity index (χ4v) is 2.00. The number of ether oxygens (including phenoxy) is 1. The molecule has 11 heavy (non-hydrogen) atoms. The van der Waals surface area contributed by atoms with E-state index in [1.54, 1.807) is 5.57 Å². The van der Waals surface area contributed by atoms with Gasteiger partial charge in [-0.25, -0.2) is 0 Å². The highest BCUT2D eigenvalue weighted by Crippen LogP contribution is 2.34. The SMILES string of the molecule is CC(C)C1=C[C@@H]2CC[C@H](C1)O2. The highest BCUT2D eigenvalue weighted by molar-refractivity contribution is 5.14. The van der Waals surface area contributed by atoms with Crippen molar-refractivity contribution >= 4 is 0 Å². The lowest BCUT2D eigenvalue weighted by atomic mass is 9.96. The Morgan fingerprint density at radius 3 is 2.91 bits per heavy atom. The predicted molar refractivity (Wildman–Crippen MR) is 45.4 cm³/mol. The van der Waals surface area contributed by atoms with E-state index in [2.05, 4.69) is 19.9 Å². The summed E-state index contributed by atoms with van der Waals surface area (Å²) in [4.78, 5) is 0. The number of fused-ring (bicyclic) bond motifs is 2. The van der Waals surface area contributed by atoms with Crippen LogP contribution in [0.4, 0.5) is 0 Å². The van der Waals surface area contributed by atoms with Crippen molar-refractivity contribution in [2.45, 2.75) is 45.3 Å². The number of hydrogen-bond acceptors (Lipinski definition) is 1. The summed E-state index contributed by atoms with van der Waals surface area (Å²) in [5.41, 5.74) is 1.61. The minimum atomic E-state index is 0.464. The molecule has 2 atom stereocenters. The third-order valence-electron chi connectivity index (χ3n) is 2.75. The van der Waals surface area contributed by atoms with Gasteiger partial charge in [-0.05, 0) is 25.2 Å². The Labute approximate surface area is 68.4 Å². The van der Waals surface area contributed by atoms with Gasteiger partial charge in [-0.3, -0.25) is 0 Å². The first-order chi connectivity index (χ1) is 5.25. The quantitative estimate of drug-likeness (QED) is 0.525. The van der Waals surface area contributed by atoms with Gasteiger partial charge in [0.2, 0.25) is 0 Å². The Bertz CT molecular complexity index is 181. The molecule has 0 aliphatic carbocycles. The maximum Gasteiger partial charge on any atom is 0.0763 e. The van der Waals surface area contributed by atoms with Crippen LogP contribution in [0.1, 0.15) is 33.1 Å². The minimum Gasteiger partial charge on any atom is -0.371 e. The van der Waals surface area contributed by atoms with E-state index in [4.69, 9.17) is 4.74 Å². The average Bonchev–Trinajstić information content (AvgIpc) is 2.30. The molecule has 62 valence electrons. The van der Waals surface area contributed by atoms with Crippen molar-refractivity contribution in [1.29, 1.82) is 0 Å². The van der Waals surface area contributed by atoms with Gasteiger partial charge < -0.3 is 4.74 Å². The zero-order chi connectivity index (χ0) is 7.84. The maximum atomic E-state index is 5.70. The van der Waals surface area contributed by atoms with E-state index in [1.807, 2.05) is 0 Å². The topological polar surface area (TPSA) is 9.23 Å². The molecule has 2 heterocycles. The summed E-state index contributed by atoms with van der Waals surface area (Å²) in [7, 11) is 0. The lowest BCUT2D eigenvalue weighted by molar-refractivity contribution is 0.0583. The second-order valence-corrected chi connectivity index (χ2v) is 3.97. The van der Waals surface area contributed by atoms with Gasteiger partial charge in [0.1, 0.15) is 0 Å².